The number of benzene rings is 3. The Balaban J connectivity index is 1.54. The van der Waals surface area contributed by atoms with Crippen LogP contribution in [0, 0.1) is 22.2 Å². The van der Waals surface area contributed by atoms with Crippen molar-refractivity contribution < 1.29 is 23.7 Å². The van der Waals surface area contributed by atoms with Crippen LogP contribution >= 0.6 is 15.9 Å². The molecular weight excluding hydrogens is 568 g/mol. The molecule has 0 aliphatic heterocycles. The molecule has 0 saturated carbocycles. The molecule has 0 atom stereocenters. The van der Waals surface area contributed by atoms with Crippen LogP contribution in [-0.4, -0.2) is 15.1 Å². The van der Waals surface area contributed by atoms with E-state index >= 15 is 0 Å². The Labute approximate surface area is 231 Å². The molecule has 0 radical (unpaired) electrons. The number of nitrogens with zero attached hydrogens (tertiary/aromatic N) is 4. The average molecular weight is 589 g/mol. The number of hydrogen-bond acceptors (Lipinski definition) is 8. The molecular formula is C28H21BrN4O6. The van der Waals surface area contributed by atoms with Crippen LogP contribution in [0.25, 0.3) is 22.8 Å². The van der Waals surface area contributed by atoms with Gasteiger partial charge in [0.1, 0.15) is 18.8 Å². The molecule has 39 heavy (non-hydrogen) atoms. The lowest BCUT2D eigenvalue weighted by Crippen LogP contribution is -2.32. The summed E-state index contributed by atoms with van der Waals surface area (Å²) < 4.78 is 18.3. The molecule has 5 rings (SSSR count). The van der Waals surface area contributed by atoms with Crippen LogP contribution in [0.15, 0.2) is 94.1 Å². The summed E-state index contributed by atoms with van der Waals surface area (Å²) in [5, 5.41) is 28.4. The van der Waals surface area contributed by atoms with Gasteiger partial charge in [-0.3, -0.25) is 10.1 Å². The van der Waals surface area contributed by atoms with Gasteiger partial charge in [0, 0.05) is 35.0 Å². The van der Waals surface area contributed by atoms with Gasteiger partial charge in [-0.2, -0.15) is 9.71 Å². The fourth-order valence-corrected chi connectivity index (χ4v) is 4.37. The van der Waals surface area contributed by atoms with Gasteiger partial charge in [-0.25, -0.2) is 0 Å². The van der Waals surface area contributed by atoms with E-state index in [-0.39, 0.29) is 52.3 Å². The number of pyridine rings is 1. The smallest absolute Gasteiger partial charge is 0.315 e. The Morgan fingerprint density at radius 1 is 0.949 bits per heavy atom. The molecule has 11 heteroatoms. The lowest BCUT2D eigenvalue weighted by Gasteiger charge is -2.14. The minimum Gasteiger partial charge on any atom is -0.618 e. The molecule has 3 aromatic carbocycles. The van der Waals surface area contributed by atoms with Crippen molar-refractivity contribution >= 4 is 21.6 Å². The maximum absolute atomic E-state index is 12.3. The van der Waals surface area contributed by atoms with Gasteiger partial charge in [0.15, 0.2) is 11.4 Å². The standard InChI is InChI=1S/C28H21BrN4O6/c1-18-12-13-22(26(29)32(18)34)27-30-28(39-31-27)21-14-23(33(35)36)25(38-17-20-10-6-3-7-11-20)24(15-21)37-16-19-8-4-2-5-9-19/h2-15H,16-17H2,1H3. The summed E-state index contributed by atoms with van der Waals surface area (Å²) in [6.07, 6.45) is 0. The highest BCUT2D eigenvalue weighted by molar-refractivity contribution is 9.10. The van der Waals surface area contributed by atoms with Crippen molar-refractivity contribution in [2.45, 2.75) is 20.1 Å². The van der Waals surface area contributed by atoms with Gasteiger partial charge in [-0.15, -0.1) is 0 Å². The molecule has 0 spiro atoms. The molecule has 0 bridgehead atoms. The molecule has 0 amide bonds. The van der Waals surface area contributed by atoms with Crippen LogP contribution in [0.5, 0.6) is 11.5 Å². The van der Waals surface area contributed by atoms with Gasteiger partial charge >= 0.3 is 5.69 Å². The molecule has 2 heterocycles. The van der Waals surface area contributed by atoms with Gasteiger partial charge in [-0.05, 0) is 23.3 Å². The molecule has 196 valence electrons. The Morgan fingerprint density at radius 3 is 2.23 bits per heavy atom. The maximum atomic E-state index is 12.3. The topological polar surface area (TPSA) is 127 Å². The van der Waals surface area contributed by atoms with Crippen LogP contribution in [0.1, 0.15) is 16.8 Å². The van der Waals surface area contributed by atoms with Gasteiger partial charge in [-0.1, -0.05) is 65.8 Å². The number of aryl methyl sites for hydroxylation is 1. The van der Waals surface area contributed by atoms with E-state index in [0.29, 0.717) is 16.0 Å². The SMILES string of the molecule is Cc1ccc(-c2noc(-c3cc(OCc4ccccc4)c(OCc4ccccc4)c([N+](=O)[O-])c3)n2)c(Br)[n+]1[O-]. The van der Waals surface area contributed by atoms with Crippen molar-refractivity contribution in [1.82, 2.24) is 10.1 Å². The van der Waals surface area contributed by atoms with E-state index in [9.17, 15) is 15.3 Å². The zero-order valence-electron chi connectivity index (χ0n) is 20.6. The monoisotopic (exact) mass is 588 g/mol. The summed E-state index contributed by atoms with van der Waals surface area (Å²) >= 11 is 3.27. The van der Waals surface area contributed by atoms with E-state index in [2.05, 4.69) is 26.1 Å². The number of hydrogen-bond donors (Lipinski definition) is 0. The number of ether oxygens (including phenoxy) is 2. The molecule has 0 aliphatic rings. The Hall–Kier alpha value is -4.77. The summed E-state index contributed by atoms with van der Waals surface area (Å²) in [5.41, 5.74) is 2.54. The first kappa shape index (κ1) is 25.9. The predicted molar refractivity (Wildman–Crippen MR) is 145 cm³/mol. The molecule has 0 unspecified atom stereocenters. The zero-order chi connectivity index (χ0) is 27.4. The molecule has 0 N–H and O–H groups in total. The number of rotatable bonds is 9. The van der Waals surface area contributed by atoms with Crippen LogP contribution in [-0.2, 0) is 13.2 Å². The summed E-state index contributed by atoms with van der Waals surface area (Å²) in [7, 11) is 0. The van der Waals surface area contributed by atoms with Crippen LogP contribution in [0.4, 0.5) is 5.69 Å². The van der Waals surface area contributed by atoms with Crippen molar-refractivity contribution in [1.29, 1.82) is 0 Å². The second-order valence-corrected chi connectivity index (χ2v) is 9.28. The summed E-state index contributed by atoms with van der Waals surface area (Å²) in [4.78, 5) is 16.0. The molecule has 0 fully saturated rings. The van der Waals surface area contributed by atoms with E-state index in [0.717, 1.165) is 11.1 Å². The van der Waals surface area contributed by atoms with E-state index in [1.165, 1.54) is 6.07 Å². The second kappa shape index (κ2) is 11.3. The first-order chi connectivity index (χ1) is 18.9. The number of aromatic nitrogens is 3. The van der Waals surface area contributed by atoms with Crippen molar-refractivity contribution in [2.24, 2.45) is 0 Å². The molecule has 0 saturated heterocycles. The minimum absolute atomic E-state index is 0.0113. The summed E-state index contributed by atoms with van der Waals surface area (Å²) in [5.74, 6) is 0.280. The first-order valence-electron chi connectivity index (χ1n) is 11.8. The van der Waals surface area contributed by atoms with Crippen molar-refractivity contribution in [3.63, 3.8) is 0 Å². The van der Waals surface area contributed by atoms with Crippen LogP contribution in [0.2, 0.25) is 0 Å². The number of nitro groups is 1. The fourth-order valence-electron chi connectivity index (χ4n) is 3.79. The third-order valence-corrected chi connectivity index (χ3v) is 6.57. The summed E-state index contributed by atoms with van der Waals surface area (Å²) in [6.45, 7) is 1.92. The first-order valence-corrected chi connectivity index (χ1v) is 12.6. The molecule has 5 aromatic rings. The zero-order valence-corrected chi connectivity index (χ0v) is 22.2. The Kier molecular flexibility index (Phi) is 7.50. The van der Waals surface area contributed by atoms with Crippen LogP contribution in [0.3, 0.4) is 0 Å². The second-order valence-electron chi connectivity index (χ2n) is 8.53. The maximum Gasteiger partial charge on any atom is 0.315 e. The number of nitro benzene ring substituents is 1. The molecule has 2 aromatic heterocycles. The van der Waals surface area contributed by atoms with Gasteiger partial charge in [0.25, 0.3) is 10.5 Å². The van der Waals surface area contributed by atoms with E-state index < -0.39 is 4.92 Å². The highest BCUT2D eigenvalue weighted by atomic mass is 79.9. The third kappa shape index (κ3) is 5.73. The normalized spacial score (nSPS) is 10.8. The largest absolute Gasteiger partial charge is 0.618 e. The third-order valence-electron chi connectivity index (χ3n) is 5.82. The van der Waals surface area contributed by atoms with Gasteiger partial charge in [0.2, 0.25) is 11.6 Å². The van der Waals surface area contributed by atoms with Gasteiger partial charge < -0.3 is 19.2 Å². The Bertz CT molecular complexity index is 1630. The van der Waals surface area contributed by atoms with Crippen molar-refractivity contribution in [3.05, 3.63) is 122 Å². The summed E-state index contributed by atoms with van der Waals surface area (Å²) in [6, 6.07) is 24.9. The Morgan fingerprint density at radius 2 is 1.59 bits per heavy atom. The quantitative estimate of drug-likeness (QED) is 0.0656. The lowest BCUT2D eigenvalue weighted by atomic mass is 10.1. The van der Waals surface area contributed by atoms with Crippen molar-refractivity contribution in [2.75, 3.05) is 0 Å². The van der Waals surface area contributed by atoms with Crippen molar-refractivity contribution in [3.8, 4) is 34.3 Å². The van der Waals surface area contributed by atoms with Gasteiger partial charge in [0.05, 0.1) is 10.5 Å². The fraction of sp³-hybridized carbons (Fsp3) is 0.107. The minimum atomic E-state index is -0.548. The van der Waals surface area contributed by atoms with E-state index in [1.54, 1.807) is 25.1 Å². The average Bonchev–Trinajstić information content (AvgIpc) is 3.45. The van der Waals surface area contributed by atoms with E-state index in [1.807, 2.05) is 60.7 Å². The lowest BCUT2D eigenvalue weighted by molar-refractivity contribution is -0.623. The van der Waals surface area contributed by atoms with E-state index in [4.69, 9.17) is 14.0 Å². The molecule has 10 nitrogen and oxygen atoms in total. The predicted octanol–water partition coefficient (Wildman–Crippen LogP) is 6.17. The van der Waals surface area contributed by atoms with Crippen LogP contribution < -0.4 is 14.2 Å². The highest BCUT2D eigenvalue weighted by Crippen LogP contribution is 2.42. The molecule has 0 aliphatic carbocycles. The highest BCUT2D eigenvalue weighted by Gasteiger charge is 2.26. The number of halogens is 1.